The first-order valence-electron chi connectivity index (χ1n) is 5.47. The van der Waals surface area contributed by atoms with Crippen molar-refractivity contribution in [1.82, 2.24) is 5.32 Å². The summed E-state index contributed by atoms with van der Waals surface area (Å²) in [5.74, 6) is -0.00697. The molecule has 1 saturated carbocycles. The second-order valence-corrected chi connectivity index (χ2v) is 5.16. The van der Waals surface area contributed by atoms with Gasteiger partial charge >= 0.3 is 0 Å². The van der Waals surface area contributed by atoms with Crippen LogP contribution in [0.25, 0.3) is 0 Å². The van der Waals surface area contributed by atoms with Crippen molar-refractivity contribution in [2.24, 2.45) is 11.1 Å². The highest BCUT2D eigenvalue weighted by molar-refractivity contribution is 5.85. The minimum absolute atomic E-state index is 0.00697. The quantitative estimate of drug-likeness (QED) is 0.702. The zero-order valence-electron chi connectivity index (χ0n) is 9.52. The molecule has 82 valence electrons. The molecule has 1 aliphatic carbocycles. The summed E-state index contributed by atoms with van der Waals surface area (Å²) >= 11 is 0. The Morgan fingerprint density at radius 1 is 1.57 bits per heavy atom. The van der Waals surface area contributed by atoms with E-state index in [0.29, 0.717) is 5.41 Å². The molecule has 0 aromatic heterocycles. The fraction of sp³-hybridized carbons (Fsp3) is 0.909. The van der Waals surface area contributed by atoms with E-state index in [1.807, 2.05) is 6.92 Å². The number of rotatable bonds is 5. The lowest BCUT2D eigenvalue weighted by atomic mass is 9.96. The Morgan fingerprint density at radius 2 is 2.14 bits per heavy atom. The average Bonchev–Trinajstić information content (AvgIpc) is 2.80. The molecule has 1 aliphatic rings. The number of nitrogens with two attached hydrogens (primary N) is 1. The minimum Gasteiger partial charge on any atom is -0.354 e. The van der Waals surface area contributed by atoms with Crippen LogP contribution in [0.3, 0.4) is 0 Å². The average molecular weight is 198 g/mol. The van der Waals surface area contributed by atoms with Crippen molar-refractivity contribution >= 4 is 5.91 Å². The van der Waals surface area contributed by atoms with Gasteiger partial charge in [-0.15, -0.1) is 0 Å². The molecule has 3 N–H and O–H groups in total. The van der Waals surface area contributed by atoms with E-state index in [1.165, 1.54) is 12.8 Å². The van der Waals surface area contributed by atoms with Gasteiger partial charge in [-0.25, -0.2) is 0 Å². The van der Waals surface area contributed by atoms with Gasteiger partial charge in [-0.05, 0) is 31.6 Å². The van der Waals surface area contributed by atoms with Gasteiger partial charge in [-0.2, -0.15) is 0 Å². The van der Waals surface area contributed by atoms with Crippen LogP contribution < -0.4 is 11.1 Å². The molecular formula is C11H22N2O. The van der Waals surface area contributed by atoms with Gasteiger partial charge < -0.3 is 11.1 Å². The van der Waals surface area contributed by atoms with E-state index < -0.39 is 5.54 Å². The van der Waals surface area contributed by atoms with Crippen molar-refractivity contribution in [1.29, 1.82) is 0 Å². The molecule has 1 atom stereocenters. The minimum atomic E-state index is -0.694. The summed E-state index contributed by atoms with van der Waals surface area (Å²) in [5.41, 5.74) is 5.57. The first-order valence-corrected chi connectivity index (χ1v) is 5.47. The normalized spacial score (nSPS) is 22.6. The van der Waals surface area contributed by atoms with Crippen molar-refractivity contribution in [2.45, 2.75) is 52.0 Å². The lowest BCUT2D eigenvalue weighted by Gasteiger charge is -2.23. The lowest BCUT2D eigenvalue weighted by Crippen LogP contribution is -2.52. The summed E-state index contributed by atoms with van der Waals surface area (Å²) in [4.78, 5) is 11.7. The molecule has 1 amide bonds. The maximum Gasteiger partial charge on any atom is 0.239 e. The van der Waals surface area contributed by atoms with E-state index in [9.17, 15) is 4.79 Å². The maximum atomic E-state index is 11.7. The number of carbonyl (C=O) groups is 1. The molecule has 14 heavy (non-hydrogen) atoms. The molecule has 0 radical (unpaired) electrons. The first kappa shape index (κ1) is 11.5. The molecule has 0 aromatic carbocycles. The van der Waals surface area contributed by atoms with Gasteiger partial charge in [0.25, 0.3) is 0 Å². The Morgan fingerprint density at radius 3 is 2.57 bits per heavy atom. The third-order valence-electron chi connectivity index (χ3n) is 3.07. The van der Waals surface area contributed by atoms with E-state index in [-0.39, 0.29) is 5.91 Å². The largest absolute Gasteiger partial charge is 0.354 e. The fourth-order valence-corrected chi connectivity index (χ4v) is 1.52. The summed E-state index contributed by atoms with van der Waals surface area (Å²) in [5, 5.41) is 2.95. The Labute approximate surface area is 86.4 Å². The monoisotopic (exact) mass is 198 g/mol. The van der Waals surface area contributed by atoms with E-state index in [1.54, 1.807) is 6.92 Å². The number of nitrogens with one attached hydrogen (secondary N) is 1. The highest BCUT2D eigenvalue weighted by Crippen LogP contribution is 2.44. The zero-order chi connectivity index (χ0) is 10.8. The highest BCUT2D eigenvalue weighted by Gasteiger charge is 2.38. The molecular weight excluding hydrogens is 176 g/mol. The molecule has 1 unspecified atom stereocenters. The Kier molecular flexibility index (Phi) is 3.20. The van der Waals surface area contributed by atoms with Gasteiger partial charge in [0.2, 0.25) is 5.91 Å². The van der Waals surface area contributed by atoms with Crippen LogP contribution in [0.2, 0.25) is 0 Å². The number of hydrogen-bond donors (Lipinski definition) is 2. The van der Waals surface area contributed by atoms with Gasteiger partial charge in [-0.1, -0.05) is 20.3 Å². The fourth-order valence-electron chi connectivity index (χ4n) is 1.52. The van der Waals surface area contributed by atoms with Crippen molar-refractivity contribution < 1.29 is 4.79 Å². The zero-order valence-corrected chi connectivity index (χ0v) is 9.52. The van der Waals surface area contributed by atoms with E-state index in [4.69, 9.17) is 5.73 Å². The van der Waals surface area contributed by atoms with Crippen LogP contribution in [0.1, 0.15) is 46.5 Å². The van der Waals surface area contributed by atoms with Gasteiger partial charge in [0.15, 0.2) is 0 Å². The predicted molar refractivity (Wildman–Crippen MR) is 57.9 cm³/mol. The van der Waals surface area contributed by atoms with Crippen molar-refractivity contribution in [3.8, 4) is 0 Å². The first-order chi connectivity index (χ1) is 6.40. The summed E-state index contributed by atoms with van der Waals surface area (Å²) < 4.78 is 0. The third kappa shape index (κ3) is 2.98. The van der Waals surface area contributed by atoms with Crippen LogP contribution in [0.5, 0.6) is 0 Å². The van der Waals surface area contributed by atoms with Crippen LogP contribution in [-0.4, -0.2) is 18.0 Å². The van der Waals surface area contributed by atoms with Crippen LogP contribution in [-0.2, 0) is 4.79 Å². The molecule has 0 aliphatic heterocycles. The van der Waals surface area contributed by atoms with Crippen molar-refractivity contribution in [3.63, 3.8) is 0 Å². The molecule has 0 aromatic rings. The molecule has 1 fully saturated rings. The molecule has 3 heteroatoms. The molecule has 0 bridgehead atoms. The maximum absolute atomic E-state index is 11.7. The Hall–Kier alpha value is -0.570. The van der Waals surface area contributed by atoms with Gasteiger partial charge in [0, 0.05) is 6.54 Å². The summed E-state index contributed by atoms with van der Waals surface area (Å²) in [7, 11) is 0. The van der Waals surface area contributed by atoms with Crippen molar-refractivity contribution in [3.05, 3.63) is 0 Å². The third-order valence-corrected chi connectivity index (χ3v) is 3.07. The summed E-state index contributed by atoms with van der Waals surface area (Å²) in [6.07, 6.45) is 4.14. The Balaban J connectivity index is 2.33. The predicted octanol–water partition coefficient (Wildman–Crippen LogP) is 1.42. The van der Waals surface area contributed by atoms with Gasteiger partial charge in [-0.3, -0.25) is 4.79 Å². The lowest BCUT2D eigenvalue weighted by molar-refractivity contribution is -0.126. The molecule has 0 heterocycles. The summed E-state index contributed by atoms with van der Waals surface area (Å²) in [6.45, 7) is 6.82. The van der Waals surface area contributed by atoms with E-state index in [2.05, 4.69) is 12.2 Å². The van der Waals surface area contributed by atoms with E-state index in [0.717, 1.165) is 19.4 Å². The van der Waals surface area contributed by atoms with E-state index >= 15 is 0 Å². The van der Waals surface area contributed by atoms with Crippen molar-refractivity contribution in [2.75, 3.05) is 6.54 Å². The number of hydrogen-bond acceptors (Lipinski definition) is 2. The van der Waals surface area contributed by atoms with Gasteiger partial charge in [0.05, 0.1) is 5.54 Å². The number of amides is 1. The summed E-state index contributed by atoms with van der Waals surface area (Å²) in [6, 6.07) is 0. The Bertz CT molecular complexity index is 219. The second kappa shape index (κ2) is 3.89. The SMILES string of the molecule is CCCC(C)(N)C(=O)NCC1(C)CC1. The number of carbonyl (C=O) groups excluding carboxylic acids is 1. The standard InChI is InChI=1S/C11H22N2O/c1-4-5-11(3,12)9(14)13-8-10(2)6-7-10/h4-8,12H2,1-3H3,(H,13,14). The van der Waals surface area contributed by atoms with Gasteiger partial charge in [0.1, 0.15) is 0 Å². The molecule has 0 saturated heterocycles. The molecule has 1 rings (SSSR count). The second-order valence-electron chi connectivity index (χ2n) is 5.16. The smallest absolute Gasteiger partial charge is 0.239 e. The molecule has 3 nitrogen and oxygen atoms in total. The molecule has 0 spiro atoms. The highest BCUT2D eigenvalue weighted by atomic mass is 16.2. The van der Waals surface area contributed by atoms with Crippen LogP contribution in [0.15, 0.2) is 0 Å². The van der Waals surface area contributed by atoms with Crippen LogP contribution in [0.4, 0.5) is 0 Å². The van der Waals surface area contributed by atoms with Crippen LogP contribution >= 0.6 is 0 Å². The topological polar surface area (TPSA) is 55.1 Å². The van der Waals surface area contributed by atoms with Crippen LogP contribution in [0, 0.1) is 5.41 Å².